The Labute approximate surface area is 125 Å². The van der Waals surface area contributed by atoms with Crippen LogP contribution in [0.4, 0.5) is 21.7 Å². The van der Waals surface area contributed by atoms with Crippen molar-refractivity contribution in [1.82, 2.24) is 9.97 Å². The minimum atomic E-state index is -0.245. The van der Waals surface area contributed by atoms with E-state index in [9.17, 15) is 4.39 Å². The predicted molar refractivity (Wildman–Crippen MR) is 84.7 cm³/mol. The largest absolute Gasteiger partial charge is 0.370 e. The average molecular weight is 288 g/mol. The molecule has 0 spiro atoms. The van der Waals surface area contributed by atoms with Crippen molar-refractivity contribution in [1.29, 1.82) is 0 Å². The van der Waals surface area contributed by atoms with E-state index in [4.69, 9.17) is 0 Å². The number of anilines is 3. The molecule has 2 rings (SSSR count). The van der Waals surface area contributed by atoms with Crippen molar-refractivity contribution in [3.63, 3.8) is 0 Å². The van der Waals surface area contributed by atoms with E-state index in [0.717, 1.165) is 30.2 Å². The number of halogens is 1. The topological polar surface area (TPSA) is 41.1 Å². The van der Waals surface area contributed by atoms with Crippen molar-refractivity contribution in [2.45, 2.75) is 27.2 Å². The highest BCUT2D eigenvalue weighted by atomic mass is 19.1. The summed E-state index contributed by atoms with van der Waals surface area (Å²) in [5, 5.41) is 3.24. The molecule has 0 bridgehead atoms. The lowest BCUT2D eigenvalue weighted by atomic mass is 10.1. The van der Waals surface area contributed by atoms with Crippen LogP contribution in [0, 0.1) is 5.82 Å². The fraction of sp³-hybridized carbons (Fsp3) is 0.375. The second kappa shape index (κ2) is 7.02. The van der Waals surface area contributed by atoms with E-state index in [1.807, 2.05) is 24.8 Å². The predicted octanol–water partition coefficient (Wildman–Crippen LogP) is 3.77. The van der Waals surface area contributed by atoms with Gasteiger partial charge >= 0.3 is 0 Å². The summed E-state index contributed by atoms with van der Waals surface area (Å²) in [7, 11) is 0. The van der Waals surface area contributed by atoms with E-state index in [1.165, 1.54) is 12.4 Å². The summed E-state index contributed by atoms with van der Waals surface area (Å²) in [6, 6.07) is 6.76. The normalized spacial score (nSPS) is 10.5. The van der Waals surface area contributed by atoms with Crippen LogP contribution in [0.5, 0.6) is 0 Å². The SMILES string of the molecule is CCNc1ncnc(N(CC)c2ccccc2F)c1CC. The van der Waals surface area contributed by atoms with Crippen molar-refractivity contribution in [2.75, 3.05) is 23.3 Å². The van der Waals surface area contributed by atoms with Gasteiger partial charge in [0.15, 0.2) is 0 Å². The number of hydrogen-bond acceptors (Lipinski definition) is 4. The fourth-order valence-corrected chi connectivity index (χ4v) is 2.39. The monoisotopic (exact) mass is 288 g/mol. The number of hydrogen-bond donors (Lipinski definition) is 1. The second-order valence-electron chi connectivity index (χ2n) is 4.60. The Kier molecular flexibility index (Phi) is 5.09. The molecule has 0 aliphatic rings. The summed E-state index contributed by atoms with van der Waals surface area (Å²) in [5.41, 5.74) is 1.54. The van der Waals surface area contributed by atoms with Gasteiger partial charge in [0.1, 0.15) is 23.8 Å². The highest BCUT2D eigenvalue weighted by Crippen LogP contribution is 2.31. The van der Waals surface area contributed by atoms with E-state index in [2.05, 4.69) is 22.2 Å². The molecule has 0 aliphatic heterocycles. The third-order valence-corrected chi connectivity index (χ3v) is 3.34. The van der Waals surface area contributed by atoms with Crippen LogP contribution < -0.4 is 10.2 Å². The van der Waals surface area contributed by atoms with Crippen LogP contribution >= 0.6 is 0 Å². The first-order chi connectivity index (χ1) is 10.2. The molecule has 0 fully saturated rings. The van der Waals surface area contributed by atoms with Gasteiger partial charge in [-0.2, -0.15) is 0 Å². The maximum absolute atomic E-state index is 14.1. The molecule has 1 aromatic heterocycles. The van der Waals surface area contributed by atoms with E-state index in [0.29, 0.717) is 12.2 Å². The zero-order valence-electron chi connectivity index (χ0n) is 12.7. The first-order valence-corrected chi connectivity index (χ1v) is 7.32. The maximum atomic E-state index is 14.1. The Morgan fingerprint density at radius 1 is 1.14 bits per heavy atom. The molecule has 1 aromatic carbocycles. The van der Waals surface area contributed by atoms with Crippen molar-refractivity contribution in [2.24, 2.45) is 0 Å². The van der Waals surface area contributed by atoms with E-state index in [-0.39, 0.29) is 5.82 Å². The number of benzene rings is 1. The quantitative estimate of drug-likeness (QED) is 0.878. The first kappa shape index (κ1) is 15.2. The summed E-state index contributed by atoms with van der Waals surface area (Å²) in [6.07, 6.45) is 2.31. The van der Waals surface area contributed by atoms with Gasteiger partial charge in [-0.15, -0.1) is 0 Å². The van der Waals surface area contributed by atoms with Gasteiger partial charge in [-0.1, -0.05) is 19.1 Å². The molecule has 4 nitrogen and oxygen atoms in total. The Morgan fingerprint density at radius 2 is 1.90 bits per heavy atom. The smallest absolute Gasteiger partial charge is 0.146 e. The molecule has 0 atom stereocenters. The average Bonchev–Trinajstić information content (AvgIpc) is 2.50. The Morgan fingerprint density at radius 3 is 2.52 bits per heavy atom. The van der Waals surface area contributed by atoms with Crippen molar-refractivity contribution < 1.29 is 4.39 Å². The van der Waals surface area contributed by atoms with Crippen molar-refractivity contribution >= 4 is 17.3 Å². The molecule has 0 unspecified atom stereocenters. The van der Waals surface area contributed by atoms with Crippen LogP contribution in [0.1, 0.15) is 26.3 Å². The third-order valence-electron chi connectivity index (χ3n) is 3.34. The molecule has 1 heterocycles. The third kappa shape index (κ3) is 3.12. The summed E-state index contributed by atoms with van der Waals surface area (Å²) in [4.78, 5) is 10.6. The van der Waals surface area contributed by atoms with E-state index < -0.39 is 0 Å². The zero-order valence-corrected chi connectivity index (χ0v) is 12.7. The van der Waals surface area contributed by atoms with Gasteiger partial charge in [0.25, 0.3) is 0 Å². The summed E-state index contributed by atoms with van der Waals surface area (Å²) in [6.45, 7) is 7.49. The van der Waals surface area contributed by atoms with Crippen molar-refractivity contribution in [3.05, 3.63) is 42.0 Å². The molecule has 1 N–H and O–H groups in total. The lowest BCUT2D eigenvalue weighted by Crippen LogP contribution is -2.21. The van der Waals surface area contributed by atoms with E-state index >= 15 is 0 Å². The molecule has 0 aliphatic carbocycles. The minimum absolute atomic E-state index is 0.245. The van der Waals surface area contributed by atoms with Crippen LogP contribution in [0.2, 0.25) is 0 Å². The molecular formula is C16H21FN4. The van der Waals surface area contributed by atoms with Gasteiger partial charge in [0.05, 0.1) is 5.69 Å². The van der Waals surface area contributed by atoms with Crippen molar-refractivity contribution in [3.8, 4) is 0 Å². The summed E-state index contributed by atoms with van der Waals surface area (Å²) in [5.74, 6) is 1.33. The number of rotatable bonds is 6. The fourth-order valence-electron chi connectivity index (χ4n) is 2.39. The van der Waals surface area contributed by atoms with Crippen LogP contribution in [-0.2, 0) is 6.42 Å². The molecule has 5 heteroatoms. The maximum Gasteiger partial charge on any atom is 0.146 e. The van der Waals surface area contributed by atoms with Gasteiger partial charge < -0.3 is 10.2 Å². The van der Waals surface area contributed by atoms with Gasteiger partial charge in [-0.25, -0.2) is 14.4 Å². The first-order valence-electron chi connectivity index (χ1n) is 7.32. The number of nitrogens with zero attached hydrogens (tertiary/aromatic N) is 3. The molecule has 0 radical (unpaired) electrons. The summed E-state index contributed by atoms with van der Waals surface area (Å²) >= 11 is 0. The van der Waals surface area contributed by atoms with Gasteiger partial charge in [0, 0.05) is 18.7 Å². The number of aromatic nitrogens is 2. The standard InChI is InChI=1S/C16H21FN4/c1-4-12-15(18-5-2)19-11-20-16(12)21(6-3)14-10-8-7-9-13(14)17/h7-11H,4-6H2,1-3H3,(H,18,19,20). The number of nitrogens with one attached hydrogen (secondary N) is 1. The van der Waals surface area contributed by atoms with Gasteiger partial charge in [-0.3, -0.25) is 0 Å². The Bertz CT molecular complexity index is 601. The molecule has 0 saturated carbocycles. The van der Waals surface area contributed by atoms with E-state index in [1.54, 1.807) is 12.1 Å². The molecule has 112 valence electrons. The molecule has 21 heavy (non-hydrogen) atoms. The highest BCUT2D eigenvalue weighted by Gasteiger charge is 2.18. The number of para-hydroxylation sites is 1. The van der Waals surface area contributed by atoms with Crippen LogP contribution in [0.3, 0.4) is 0 Å². The molecule has 2 aromatic rings. The summed E-state index contributed by atoms with van der Waals surface area (Å²) < 4.78 is 14.1. The van der Waals surface area contributed by atoms with Gasteiger partial charge in [-0.05, 0) is 32.4 Å². The minimum Gasteiger partial charge on any atom is -0.370 e. The van der Waals surface area contributed by atoms with Crippen LogP contribution in [0.15, 0.2) is 30.6 Å². The Balaban J connectivity index is 2.52. The molecule has 0 amide bonds. The zero-order chi connectivity index (χ0) is 15.2. The van der Waals surface area contributed by atoms with Gasteiger partial charge in [0.2, 0.25) is 0 Å². The van der Waals surface area contributed by atoms with Crippen LogP contribution in [-0.4, -0.2) is 23.1 Å². The Hall–Kier alpha value is -2.17. The lowest BCUT2D eigenvalue weighted by molar-refractivity contribution is 0.625. The van der Waals surface area contributed by atoms with Crippen LogP contribution in [0.25, 0.3) is 0 Å². The molecule has 0 saturated heterocycles. The molecular weight excluding hydrogens is 267 g/mol. The second-order valence-corrected chi connectivity index (χ2v) is 4.60. The lowest BCUT2D eigenvalue weighted by Gasteiger charge is -2.25. The highest BCUT2D eigenvalue weighted by molar-refractivity contribution is 5.67.